The molecule has 0 aliphatic carbocycles. The molecule has 1 saturated heterocycles. The molecule has 1 unspecified atom stereocenters. The molecule has 34 heavy (non-hydrogen) atoms. The zero-order valence-electron chi connectivity index (χ0n) is 23.1. The summed E-state index contributed by atoms with van der Waals surface area (Å²) < 4.78 is 12.2. The minimum atomic E-state index is -0.647. The summed E-state index contributed by atoms with van der Waals surface area (Å²) in [5.41, 5.74) is 6.78. The molecule has 1 aliphatic rings. The molecule has 3 rings (SSSR count). The van der Waals surface area contributed by atoms with Crippen molar-refractivity contribution in [1.82, 2.24) is 0 Å². The molecular weight excluding hydrogens is 435 g/mol. The summed E-state index contributed by atoms with van der Waals surface area (Å²) in [5, 5.41) is 2.84. The van der Waals surface area contributed by atoms with Crippen LogP contribution in [0.2, 0.25) is 0 Å². The molecule has 1 heterocycles. The molecule has 2 aromatic rings. The number of hydrogen-bond donors (Lipinski definition) is 0. The van der Waals surface area contributed by atoms with Gasteiger partial charge in [-0.1, -0.05) is 74.1 Å². The summed E-state index contributed by atoms with van der Waals surface area (Å²) in [6.45, 7) is 23.3. The van der Waals surface area contributed by atoms with Crippen LogP contribution in [0.5, 0.6) is 11.5 Å². The van der Waals surface area contributed by atoms with Crippen LogP contribution in [0.15, 0.2) is 36.2 Å². The van der Waals surface area contributed by atoms with Gasteiger partial charge in [0.2, 0.25) is 0 Å². The second kappa shape index (κ2) is 10.4. The van der Waals surface area contributed by atoms with E-state index >= 15 is 0 Å². The third-order valence-corrected chi connectivity index (χ3v) is 10.5. The number of ether oxygens (including phenoxy) is 2. The number of methoxy groups -OCH3 is 2. The van der Waals surface area contributed by atoms with Crippen molar-refractivity contribution in [2.24, 2.45) is 0 Å². The Labute approximate surface area is 209 Å². The molecule has 2 nitrogen and oxygen atoms in total. The summed E-state index contributed by atoms with van der Waals surface area (Å²) in [7, 11) is 2.96. The molecule has 0 N–H and O–H groups in total. The van der Waals surface area contributed by atoms with Crippen LogP contribution in [0.4, 0.5) is 0 Å². The van der Waals surface area contributed by atoms with Crippen molar-refractivity contribution in [3.8, 4) is 22.6 Å². The third kappa shape index (κ3) is 4.94. The molecule has 0 aromatic heterocycles. The summed E-state index contributed by atoms with van der Waals surface area (Å²) >= 11 is 0. The van der Waals surface area contributed by atoms with E-state index in [9.17, 15) is 0 Å². The number of allylic oxidation sites excluding steroid dienone is 1. The van der Waals surface area contributed by atoms with Gasteiger partial charge in [-0.25, -0.2) is 0 Å². The fourth-order valence-electron chi connectivity index (χ4n) is 5.43. The average molecular weight is 481 g/mol. The second-order valence-electron chi connectivity index (χ2n) is 11.3. The molecule has 2 aromatic carbocycles. The van der Waals surface area contributed by atoms with Gasteiger partial charge >= 0.3 is 0 Å². The van der Waals surface area contributed by atoms with E-state index in [2.05, 4.69) is 86.2 Å². The van der Waals surface area contributed by atoms with E-state index in [1.165, 1.54) is 51.3 Å². The maximum atomic E-state index is 6.11. The van der Waals surface area contributed by atoms with Crippen LogP contribution in [-0.2, 0) is 0 Å². The Morgan fingerprint density at radius 1 is 0.824 bits per heavy atom. The molecule has 1 aliphatic heterocycles. The first-order valence-corrected chi connectivity index (χ1v) is 14.2. The minimum absolute atomic E-state index is 0.160. The van der Waals surface area contributed by atoms with Crippen LogP contribution in [0.3, 0.4) is 0 Å². The molecule has 0 saturated carbocycles. The van der Waals surface area contributed by atoms with Crippen molar-refractivity contribution < 1.29 is 9.47 Å². The van der Waals surface area contributed by atoms with Crippen LogP contribution in [-0.4, -0.2) is 19.4 Å². The average Bonchev–Trinajstić information content (AvgIpc) is 2.76. The molecule has 0 radical (unpaired) electrons. The topological polar surface area (TPSA) is 18.5 Å². The lowest BCUT2D eigenvalue weighted by Crippen LogP contribution is -2.29. The summed E-state index contributed by atoms with van der Waals surface area (Å²) in [6.07, 6.45) is 3.51. The minimum Gasteiger partial charge on any atom is -0.496 e. The molecule has 1 atom stereocenters. The first kappa shape index (κ1) is 26.8. The van der Waals surface area contributed by atoms with E-state index in [-0.39, 0.29) is 5.16 Å². The Bertz CT molecular complexity index is 1020. The standard InChI is InChI=1S/C31H45O2P/c1-19(2)23-17-24(20(3)4)28(25(18-23)21(5)6)29-26(32-10)14-15-27(33-11)30(29)34-22(7)13-12-16-31(34,8)9/h14-15,17-21H,7,12-13,16H2,1-6,8-11H3. The summed E-state index contributed by atoms with van der Waals surface area (Å²) in [4.78, 5) is 0. The van der Waals surface area contributed by atoms with Crippen molar-refractivity contribution in [3.05, 3.63) is 52.8 Å². The van der Waals surface area contributed by atoms with Crippen LogP contribution in [0.25, 0.3) is 11.1 Å². The largest absolute Gasteiger partial charge is 0.496 e. The molecule has 0 spiro atoms. The van der Waals surface area contributed by atoms with Gasteiger partial charge in [0, 0.05) is 10.9 Å². The predicted molar refractivity (Wildman–Crippen MR) is 151 cm³/mol. The van der Waals surface area contributed by atoms with E-state index in [0.29, 0.717) is 17.8 Å². The van der Waals surface area contributed by atoms with Crippen molar-refractivity contribution in [2.75, 3.05) is 14.2 Å². The maximum absolute atomic E-state index is 6.11. The van der Waals surface area contributed by atoms with Crippen molar-refractivity contribution in [2.45, 2.75) is 97.6 Å². The van der Waals surface area contributed by atoms with Gasteiger partial charge in [0.15, 0.2) is 0 Å². The molecule has 0 bridgehead atoms. The van der Waals surface area contributed by atoms with E-state index in [4.69, 9.17) is 9.47 Å². The highest BCUT2D eigenvalue weighted by atomic mass is 31.1. The van der Waals surface area contributed by atoms with Crippen molar-refractivity contribution >= 4 is 13.2 Å². The first-order chi connectivity index (χ1) is 15.9. The Kier molecular flexibility index (Phi) is 8.24. The molecule has 3 heteroatoms. The van der Waals surface area contributed by atoms with Gasteiger partial charge in [0.05, 0.1) is 14.2 Å². The van der Waals surface area contributed by atoms with Gasteiger partial charge in [0.25, 0.3) is 0 Å². The van der Waals surface area contributed by atoms with Gasteiger partial charge in [-0.05, 0) is 89.8 Å². The van der Waals surface area contributed by atoms with E-state index < -0.39 is 7.92 Å². The zero-order valence-corrected chi connectivity index (χ0v) is 24.0. The van der Waals surface area contributed by atoms with Crippen molar-refractivity contribution in [1.29, 1.82) is 0 Å². The van der Waals surface area contributed by atoms with Gasteiger partial charge in [-0.2, -0.15) is 0 Å². The molecule has 186 valence electrons. The smallest absolute Gasteiger partial charge is 0.127 e. The van der Waals surface area contributed by atoms with E-state index in [1.54, 1.807) is 14.2 Å². The second-order valence-corrected chi connectivity index (χ2v) is 14.3. The van der Waals surface area contributed by atoms with E-state index in [1.807, 2.05) is 0 Å². The van der Waals surface area contributed by atoms with Crippen LogP contribution in [0, 0.1) is 0 Å². The van der Waals surface area contributed by atoms with E-state index in [0.717, 1.165) is 17.9 Å². The maximum Gasteiger partial charge on any atom is 0.127 e. The van der Waals surface area contributed by atoms with Gasteiger partial charge in [-0.3, -0.25) is 0 Å². The van der Waals surface area contributed by atoms with Crippen molar-refractivity contribution in [3.63, 3.8) is 0 Å². The van der Waals surface area contributed by atoms with Gasteiger partial charge in [-0.15, -0.1) is 0 Å². The fraction of sp³-hybridized carbons (Fsp3) is 0.548. The first-order valence-electron chi connectivity index (χ1n) is 12.9. The summed E-state index contributed by atoms with van der Waals surface area (Å²) in [5.74, 6) is 3.18. The Morgan fingerprint density at radius 2 is 1.35 bits per heavy atom. The highest BCUT2D eigenvalue weighted by Crippen LogP contribution is 2.64. The highest BCUT2D eigenvalue weighted by Gasteiger charge is 2.40. The Morgan fingerprint density at radius 3 is 1.79 bits per heavy atom. The molecule has 0 amide bonds. The lowest BCUT2D eigenvalue weighted by molar-refractivity contribution is 0.407. The third-order valence-electron chi connectivity index (χ3n) is 7.32. The van der Waals surface area contributed by atoms with Gasteiger partial charge in [0.1, 0.15) is 11.5 Å². The zero-order chi connectivity index (χ0) is 25.4. The lowest BCUT2D eigenvalue weighted by Gasteiger charge is -2.42. The molecular formula is C31H45O2P. The quantitative estimate of drug-likeness (QED) is 0.368. The molecule has 1 fully saturated rings. The summed E-state index contributed by atoms with van der Waals surface area (Å²) in [6, 6.07) is 9.07. The van der Waals surface area contributed by atoms with Gasteiger partial charge < -0.3 is 9.47 Å². The fourth-order valence-corrected chi connectivity index (χ4v) is 8.81. The number of benzene rings is 2. The highest BCUT2D eigenvalue weighted by molar-refractivity contribution is 7.71. The predicted octanol–water partition coefficient (Wildman–Crippen LogP) is 9.32. The monoisotopic (exact) mass is 480 g/mol. The van der Waals surface area contributed by atoms with Crippen LogP contribution >= 0.6 is 7.92 Å². The number of rotatable bonds is 7. The Balaban J connectivity index is 2.53. The normalized spacial score (nSPS) is 18.1. The van der Waals surface area contributed by atoms with Crippen LogP contribution < -0.4 is 14.8 Å². The SMILES string of the molecule is C=C1CCCC(C)(C)P1c1c(OC)ccc(OC)c1-c1c(C(C)C)cc(C(C)C)cc1C(C)C. The number of hydrogen-bond acceptors (Lipinski definition) is 2. The lowest BCUT2D eigenvalue weighted by atomic mass is 9.81. The van der Waals surface area contributed by atoms with Crippen LogP contribution in [0.1, 0.15) is 109 Å². The Hall–Kier alpha value is -1.79.